The Balaban J connectivity index is 1.52. The fraction of sp³-hybridized carbons (Fsp3) is 0.0625. The number of para-hydroxylation sites is 1. The van der Waals surface area contributed by atoms with Gasteiger partial charge in [0.2, 0.25) is 0 Å². The SMILES string of the molecule is O=C(O)Cc1ccc(NC(=O)Nc2cccc(-c3c(C(=O)c4ccccc4)cnc4c(C(F)(F)F)cccc34)c2)cc1. The van der Waals surface area contributed by atoms with E-state index in [2.05, 4.69) is 15.6 Å². The summed E-state index contributed by atoms with van der Waals surface area (Å²) in [6.07, 6.45) is -3.66. The lowest BCUT2D eigenvalue weighted by Gasteiger charge is -2.16. The number of ketones is 1. The van der Waals surface area contributed by atoms with Crippen LogP contribution in [0.4, 0.5) is 29.3 Å². The normalized spacial score (nSPS) is 11.2. The van der Waals surface area contributed by atoms with Crippen molar-refractivity contribution >= 4 is 40.1 Å². The van der Waals surface area contributed by atoms with E-state index in [0.29, 0.717) is 28.1 Å². The number of hydrogen-bond acceptors (Lipinski definition) is 4. The lowest BCUT2D eigenvalue weighted by molar-refractivity contribution is -0.137. The monoisotopic (exact) mass is 569 g/mol. The van der Waals surface area contributed by atoms with Crippen LogP contribution in [0.2, 0.25) is 0 Å². The van der Waals surface area contributed by atoms with Crippen LogP contribution in [0.3, 0.4) is 0 Å². The molecule has 0 fully saturated rings. The van der Waals surface area contributed by atoms with Gasteiger partial charge >= 0.3 is 18.2 Å². The average molecular weight is 570 g/mol. The first-order chi connectivity index (χ1) is 20.1. The van der Waals surface area contributed by atoms with Crippen LogP contribution >= 0.6 is 0 Å². The van der Waals surface area contributed by atoms with E-state index in [9.17, 15) is 27.6 Å². The van der Waals surface area contributed by atoms with Crippen molar-refractivity contribution in [2.45, 2.75) is 12.6 Å². The first kappa shape index (κ1) is 28.0. The van der Waals surface area contributed by atoms with Crippen molar-refractivity contribution in [2.24, 2.45) is 0 Å². The van der Waals surface area contributed by atoms with Crippen LogP contribution in [0.25, 0.3) is 22.0 Å². The lowest BCUT2D eigenvalue weighted by atomic mass is 9.91. The van der Waals surface area contributed by atoms with E-state index in [1.165, 1.54) is 12.1 Å². The van der Waals surface area contributed by atoms with Crippen LogP contribution in [-0.2, 0) is 17.4 Å². The van der Waals surface area contributed by atoms with Crippen LogP contribution in [0.1, 0.15) is 27.0 Å². The molecule has 0 radical (unpaired) electrons. The highest BCUT2D eigenvalue weighted by Crippen LogP contribution is 2.39. The molecule has 2 amide bonds. The number of benzene rings is 4. The number of aromatic nitrogens is 1. The Morgan fingerprint density at radius 2 is 1.48 bits per heavy atom. The Hall–Kier alpha value is -5.51. The van der Waals surface area contributed by atoms with Gasteiger partial charge < -0.3 is 15.7 Å². The summed E-state index contributed by atoms with van der Waals surface area (Å²) in [4.78, 5) is 41.2. The third-order valence-corrected chi connectivity index (χ3v) is 6.46. The van der Waals surface area contributed by atoms with Gasteiger partial charge in [0.25, 0.3) is 0 Å². The number of halogens is 3. The Morgan fingerprint density at radius 1 is 0.786 bits per heavy atom. The molecule has 0 saturated carbocycles. The number of carbonyl (C=O) groups is 3. The molecular weight excluding hydrogens is 547 g/mol. The maximum absolute atomic E-state index is 13.9. The average Bonchev–Trinajstić information content (AvgIpc) is 2.96. The third-order valence-electron chi connectivity index (χ3n) is 6.46. The second-order valence-electron chi connectivity index (χ2n) is 9.37. The van der Waals surface area contributed by atoms with Crippen molar-refractivity contribution in [3.05, 3.63) is 126 Å². The highest BCUT2D eigenvalue weighted by Gasteiger charge is 2.34. The summed E-state index contributed by atoms with van der Waals surface area (Å²) in [5.74, 6) is -1.39. The summed E-state index contributed by atoms with van der Waals surface area (Å²) in [7, 11) is 0. The zero-order valence-electron chi connectivity index (χ0n) is 21.8. The van der Waals surface area contributed by atoms with E-state index in [1.54, 1.807) is 78.9 Å². The quantitative estimate of drug-likeness (QED) is 0.177. The summed E-state index contributed by atoms with van der Waals surface area (Å²) in [6.45, 7) is 0. The number of aliphatic carboxylic acids is 1. The van der Waals surface area contributed by atoms with Gasteiger partial charge in [-0.1, -0.05) is 66.7 Å². The van der Waals surface area contributed by atoms with Crippen LogP contribution < -0.4 is 10.6 Å². The van der Waals surface area contributed by atoms with Gasteiger partial charge in [-0.05, 0) is 41.5 Å². The van der Waals surface area contributed by atoms with Crippen LogP contribution in [0.5, 0.6) is 0 Å². The zero-order chi connectivity index (χ0) is 29.9. The zero-order valence-corrected chi connectivity index (χ0v) is 21.8. The Labute approximate surface area is 237 Å². The van der Waals surface area contributed by atoms with Gasteiger partial charge in [0.1, 0.15) is 0 Å². The molecule has 210 valence electrons. The van der Waals surface area contributed by atoms with Crippen molar-refractivity contribution < 1.29 is 32.7 Å². The number of fused-ring (bicyclic) bond motifs is 1. The van der Waals surface area contributed by atoms with E-state index >= 15 is 0 Å². The molecule has 1 aromatic heterocycles. The molecule has 0 aliphatic rings. The molecule has 3 N–H and O–H groups in total. The molecular formula is C32H22F3N3O4. The summed E-state index contributed by atoms with van der Waals surface area (Å²) in [6, 6.07) is 24.1. The number of hydrogen-bond donors (Lipinski definition) is 3. The third kappa shape index (κ3) is 6.12. The maximum Gasteiger partial charge on any atom is 0.418 e. The molecule has 42 heavy (non-hydrogen) atoms. The van der Waals surface area contributed by atoms with Gasteiger partial charge in [-0.2, -0.15) is 13.2 Å². The number of alkyl halides is 3. The number of carbonyl (C=O) groups excluding carboxylic acids is 2. The molecule has 0 aliphatic carbocycles. The van der Waals surface area contributed by atoms with Crippen LogP contribution in [0, 0.1) is 0 Å². The minimum Gasteiger partial charge on any atom is -0.481 e. The van der Waals surface area contributed by atoms with Crippen molar-refractivity contribution in [2.75, 3.05) is 10.6 Å². The Kier molecular flexibility index (Phi) is 7.70. The largest absolute Gasteiger partial charge is 0.481 e. The number of carboxylic acids is 1. The van der Waals surface area contributed by atoms with E-state index in [4.69, 9.17) is 5.11 Å². The molecule has 7 nitrogen and oxygen atoms in total. The Morgan fingerprint density at radius 3 is 2.17 bits per heavy atom. The summed E-state index contributed by atoms with van der Waals surface area (Å²) >= 11 is 0. The summed E-state index contributed by atoms with van der Waals surface area (Å²) in [5.41, 5.74) is 1.19. The number of carboxylic acid groups (broad SMARTS) is 1. The first-order valence-corrected chi connectivity index (χ1v) is 12.7. The van der Waals surface area contributed by atoms with Gasteiger partial charge in [0, 0.05) is 39.6 Å². The van der Waals surface area contributed by atoms with Gasteiger partial charge in [0.05, 0.1) is 17.5 Å². The number of nitrogens with zero attached hydrogens (tertiary/aromatic N) is 1. The number of amides is 2. The number of anilines is 2. The van der Waals surface area contributed by atoms with Crippen LogP contribution in [-0.4, -0.2) is 27.9 Å². The highest BCUT2D eigenvalue weighted by atomic mass is 19.4. The van der Waals surface area contributed by atoms with Gasteiger partial charge in [-0.25, -0.2) is 4.79 Å². The second kappa shape index (κ2) is 11.5. The van der Waals surface area contributed by atoms with Crippen molar-refractivity contribution in [1.29, 1.82) is 0 Å². The fourth-order valence-electron chi connectivity index (χ4n) is 4.61. The molecule has 4 aromatic carbocycles. The highest BCUT2D eigenvalue weighted by molar-refractivity contribution is 6.17. The van der Waals surface area contributed by atoms with E-state index in [-0.39, 0.29) is 28.5 Å². The molecule has 10 heteroatoms. The number of pyridine rings is 1. The minimum absolute atomic E-state index is 0.107. The van der Waals surface area contributed by atoms with E-state index < -0.39 is 29.5 Å². The van der Waals surface area contributed by atoms with Gasteiger partial charge in [0.15, 0.2) is 5.78 Å². The first-order valence-electron chi connectivity index (χ1n) is 12.7. The van der Waals surface area contributed by atoms with Crippen molar-refractivity contribution in [1.82, 2.24) is 4.98 Å². The molecule has 0 aliphatic heterocycles. The molecule has 5 rings (SSSR count). The lowest BCUT2D eigenvalue weighted by Crippen LogP contribution is -2.19. The number of nitrogens with one attached hydrogen (secondary N) is 2. The molecule has 0 unspecified atom stereocenters. The molecule has 1 heterocycles. The molecule has 0 atom stereocenters. The fourth-order valence-corrected chi connectivity index (χ4v) is 4.61. The smallest absolute Gasteiger partial charge is 0.418 e. The van der Waals surface area contributed by atoms with Gasteiger partial charge in [-0.15, -0.1) is 0 Å². The summed E-state index contributed by atoms with van der Waals surface area (Å²) < 4.78 is 41.6. The maximum atomic E-state index is 13.9. The van der Waals surface area contributed by atoms with Gasteiger partial charge in [-0.3, -0.25) is 14.6 Å². The van der Waals surface area contributed by atoms with E-state index in [1.807, 2.05) is 0 Å². The Bertz CT molecular complexity index is 1800. The predicted molar refractivity (Wildman–Crippen MR) is 152 cm³/mol. The summed E-state index contributed by atoms with van der Waals surface area (Å²) in [5, 5.41) is 14.4. The minimum atomic E-state index is -4.66. The molecule has 0 bridgehead atoms. The number of rotatable bonds is 7. The topological polar surface area (TPSA) is 108 Å². The second-order valence-corrected chi connectivity index (χ2v) is 9.37. The van der Waals surface area contributed by atoms with E-state index in [0.717, 1.165) is 12.3 Å². The van der Waals surface area contributed by atoms with Crippen molar-refractivity contribution in [3.63, 3.8) is 0 Å². The molecule has 0 saturated heterocycles. The molecule has 0 spiro atoms. The number of urea groups is 1. The predicted octanol–water partition coefficient (Wildman–Crippen LogP) is 7.42. The standard InChI is InChI=1S/C32H22F3N3O4/c33-32(34,35)26-11-5-10-24-28(25(18-36-29(24)26)30(41)20-6-2-1-3-7-20)21-8-4-9-23(17-21)38-31(42)37-22-14-12-19(13-15-22)16-27(39)40/h1-15,17-18H,16H2,(H,39,40)(H2,37,38,42). The van der Waals surface area contributed by atoms with Crippen LogP contribution in [0.15, 0.2) is 103 Å². The molecule has 5 aromatic rings. The van der Waals surface area contributed by atoms with Crippen molar-refractivity contribution in [3.8, 4) is 11.1 Å².